The summed E-state index contributed by atoms with van der Waals surface area (Å²) in [6, 6.07) is 17.3. The topological polar surface area (TPSA) is 79.6 Å². The highest BCUT2D eigenvalue weighted by molar-refractivity contribution is 14.0. The van der Waals surface area contributed by atoms with E-state index in [0.717, 1.165) is 19.4 Å². The molecule has 0 aliphatic carbocycles. The van der Waals surface area contributed by atoms with Gasteiger partial charge in [0, 0.05) is 18.7 Å². The standard InChI is InChI=1S/C20H26N4O2.HI/c1-3-21-20(22-15-18-11-7-8-12-19(18)24(25)26)23-16(2)13-14-17-9-5-4-6-10-17;/h4-12,16H,3,13-15H2,1-2H3,(H2,21,22,23);1H. The Hall–Kier alpha value is -2.16. The smallest absolute Gasteiger partial charge is 0.274 e. The van der Waals surface area contributed by atoms with E-state index in [4.69, 9.17) is 0 Å². The molecule has 0 spiro atoms. The second-order valence-electron chi connectivity index (χ2n) is 6.15. The molecule has 27 heavy (non-hydrogen) atoms. The van der Waals surface area contributed by atoms with Crippen molar-refractivity contribution in [1.29, 1.82) is 0 Å². The van der Waals surface area contributed by atoms with Gasteiger partial charge in [0.15, 0.2) is 5.96 Å². The first-order chi connectivity index (χ1) is 12.6. The van der Waals surface area contributed by atoms with Crippen molar-refractivity contribution in [2.45, 2.75) is 39.3 Å². The highest BCUT2D eigenvalue weighted by Crippen LogP contribution is 2.18. The van der Waals surface area contributed by atoms with Crippen LogP contribution in [0.3, 0.4) is 0 Å². The molecule has 0 aliphatic rings. The van der Waals surface area contributed by atoms with Gasteiger partial charge in [-0.2, -0.15) is 0 Å². The molecule has 2 aromatic carbocycles. The highest BCUT2D eigenvalue weighted by atomic mass is 127. The molecule has 0 heterocycles. The lowest BCUT2D eigenvalue weighted by Crippen LogP contribution is -2.42. The molecule has 0 fully saturated rings. The van der Waals surface area contributed by atoms with Crippen molar-refractivity contribution in [3.05, 3.63) is 75.8 Å². The van der Waals surface area contributed by atoms with Crippen LogP contribution in [0.1, 0.15) is 31.4 Å². The van der Waals surface area contributed by atoms with Crippen molar-refractivity contribution in [3.8, 4) is 0 Å². The summed E-state index contributed by atoms with van der Waals surface area (Å²) in [6.45, 7) is 5.10. The summed E-state index contributed by atoms with van der Waals surface area (Å²) in [5, 5.41) is 17.7. The van der Waals surface area contributed by atoms with Gasteiger partial charge in [0.1, 0.15) is 0 Å². The zero-order chi connectivity index (χ0) is 18.8. The quantitative estimate of drug-likeness (QED) is 0.194. The van der Waals surface area contributed by atoms with Crippen LogP contribution in [0.4, 0.5) is 5.69 Å². The van der Waals surface area contributed by atoms with E-state index in [0.29, 0.717) is 11.5 Å². The third-order valence-electron chi connectivity index (χ3n) is 4.03. The molecule has 0 saturated carbocycles. The van der Waals surface area contributed by atoms with Crippen LogP contribution in [0.15, 0.2) is 59.6 Å². The first-order valence-corrected chi connectivity index (χ1v) is 8.91. The Morgan fingerprint density at radius 2 is 1.81 bits per heavy atom. The Labute approximate surface area is 177 Å². The number of nitro groups is 1. The summed E-state index contributed by atoms with van der Waals surface area (Å²) in [5.41, 5.74) is 2.01. The highest BCUT2D eigenvalue weighted by Gasteiger charge is 2.12. The number of nitrogens with zero attached hydrogens (tertiary/aromatic N) is 2. The molecule has 6 nitrogen and oxygen atoms in total. The molecular formula is C20H27IN4O2. The molecule has 2 rings (SSSR count). The zero-order valence-corrected chi connectivity index (χ0v) is 18.1. The summed E-state index contributed by atoms with van der Waals surface area (Å²) in [6.07, 6.45) is 1.96. The number of aryl methyl sites for hydroxylation is 1. The molecule has 2 aromatic rings. The minimum atomic E-state index is -0.367. The Bertz CT molecular complexity index is 738. The van der Waals surface area contributed by atoms with Gasteiger partial charge in [-0.1, -0.05) is 48.5 Å². The minimum absolute atomic E-state index is 0. The van der Waals surface area contributed by atoms with Crippen LogP contribution in [-0.4, -0.2) is 23.5 Å². The van der Waals surface area contributed by atoms with Crippen molar-refractivity contribution in [2.24, 2.45) is 4.99 Å². The van der Waals surface area contributed by atoms with Crippen LogP contribution in [0.25, 0.3) is 0 Å². The van der Waals surface area contributed by atoms with Crippen LogP contribution in [0, 0.1) is 10.1 Å². The summed E-state index contributed by atoms with van der Waals surface area (Å²) in [4.78, 5) is 15.3. The maximum Gasteiger partial charge on any atom is 0.274 e. The van der Waals surface area contributed by atoms with E-state index >= 15 is 0 Å². The second kappa shape index (κ2) is 12.3. The fourth-order valence-corrected chi connectivity index (χ4v) is 2.64. The lowest BCUT2D eigenvalue weighted by atomic mass is 10.1. The lowest BCUT2D eigenvalue weighted by molar-refractivity contribution is -0.385. The van der Waals surface area contributed by atoms with Gasteiger partial charge in [0.2, 0.25) is 0 Å². The monoisotopic (exact) mass is 482 g/mol. The van der Waals surface area contributed by atoms with Crippen molar-refractivity contribution in [3.63, 3.8) is 0 Å². The number of aliphatic imine (C=N–C) groups is 1. The fourth-order valence-electron chi connectivity index (χ4n) is 2.64. The maximum atomic E-state index is 11.1. The summed E-state index contributed by atoms with van der Waals surface area (Å²) in [5.74, 6) is 0.672. The number of halogens is 1. The summed E-state index contributed by atoms with van der Waals surface area (Å²) in [7, 11) is 0. The number of nitro benzene ring substituents is 1. The second-order valence-corrected chi connectivity index (χ2v) is 6.15. The van der Waals surface area contributed by atoms with E-state index in [1.54, 1.807) is 18.2 Å². The van der Waals surface area contributed by atoms with Crippen LogP contribution >= 0.6 is 24.0 Å². The Balaban J connectivity index is 0.00000364. The number of para-hydroxylation sites is 1. The van der Waals surface area contributed by atoms with Crippen LogP contribution in [-0.2, 0) is 13.0 Å². The van der Waals surface area contributed by atoms with Gasteiger partial charge in [0.25, 0.3) is 5.69 Å². The Morgan fingerprint density at radius 3 is 2.48 bits per heavy atom. The average Bonchev–Trinajstić information content (AvgIpc) is 2.65. The van der Waals surface area contributed by atoms with Gasteiger partial charge in [-0.05, 0) is 32.3 Å². The molecule has 0 aromatic heterocycles. The van der Waals surface area contributed by atoms with Gasteiger partial charge >= 0.3 is 0 Å². The first-order valence-electron chi connectivity index (χ1n) is 8.91. The van der Waals surface area contributed by atoms with Gasteiger partial charge in [-0.15, -0.1) is 24.0 Å². The van der Waals surface area contributed by atoms with Crippen molar-refractivity contribution in [2.75, 3.05) is 6.54 Å². The minimum Gasteiger partial charge on any atom is -0.357 e. The average molecular weight is 482 g/mol. The number of nitrogens with one attached hydrogen (secondary N) is 2. The number of rotatable bonds is 8. The van der Waals surface area contributed by atoms with Gasteiger partial charge in [-0.3, -0.25) is 10.1 Å². The molecule has 1 unspecified atom stereocenters. The molecule has 0 amide bonds. The van der Waals surface area contributed by atoms with Crippen molar-refractivity contribution >= 4 is 35.6 Å². The van der Waals surface area contributed by atoms with E-state index < -0.39 is 0 Å². The third kappa shape index (κ3) is 7.94. The zero-order valence-electron chi connectivity index (χ0n) is 15.7. The molecule has 1 atom stereocenters. The molecule has 0 radical (unpaired) electrons. The summed E-state index contributed by atoms with van der Waals surface area (Å²) < 4.78 is 0. The molecule has 2 N–H and O–H groups in total. The first kappa shape index (κ1) is 22.9. The molecule has 0 saturated heterocycles. The molecular weight excluding hydrogens is 455 g/mol. The molecule has 0 aliphatic heterocycles. The number of guanidine groups is 1. The van der Waals surface area contributed by atoms with Crippen LogP contribution in [0.5, 0.6) is 0 Å². The van der Waals surface area contributed by atoms with Gasteiger partial charge < -0.3 is 10.6 Å². The van der Waals surface area contributed by atoms with Crippen LogP contribution < -0.4 is 10.6 Å². The number of hydrogen-bond acceptors (Lipinski definition) is 3. The Morgan fingerprint density at radius 1 is 1.15 bits per heavy atom. The van der Waals surface area contributed by atoms with Crippen molar-refractivity contribution in [1.82, 2.24) is 10.6 Å². The molecule has 7 heteroatoms. The maximum absolute atomic E-state index is 11.1. The van der Waals surface area contributed by atoms with E-state index in [9.17, 15) is 10.1 Å². The SMILES string of the molecule is CCNC(=NCc1ccccc1[N+](=O)[O-])NC(C)CCc1ccccc1.I. The van der Waals surface area contributed by atoms with Crippen LogP contribution in [0.2, 0.25) is 0 Å². The van der Waals surface area contributed by atoms with E-state index in [-0.39, 0.29) is 47.2 Å². The molecule has 146 valence electrons. The van der Waals surface area contributed by atoms with E-state index in [1.165, 1.54) is 11.6 Å². The predicted molar refractivity (Wildman–Crippen MR) is 121 cm³/mol. The van der Waals surface area contributed by atoms with Gasteiger partial charge in [-0.25, -0.2) is 4.99 Å². The molecule has 0 bridgehead atoms. The fraction of sp³-hybridized carbons (Fsp3) is 0.350. The number of hydrogen-bond donors (Lipinski definition) is 2. The normalized spacial score (nSPS) is 12.0. The van der Waals surface area contributed by atoms with E-state index in [1.807, 2.05) is 25.1 Å². The predicted octanol–water partition coefficient (Wildman–Crippen LogP) is 4.29. The van der Waals surface area contributed by atoms with Crippen molar-refractivity contribution < 1.29 is 4.92 Å². The number of benzene rings is 2. The van der Waals surface area contributed by atoms with E-state index in [2.05, 4.69) is 34.7 Å². The third-order valence-corrected chi connectivity index (χ3v) is 4.03. The largest absolute Gasteiger partial charge is 0.357 e. The lowest BCUT2D eigenvalue weighted by Gasteiger charge is -2.18. The summed E-state index contributed by atoms with van der Waals surface area (Å²) >= 11 is 0. The Kier molecular flexibility index (Phi) is 10.4. The van der Waals surface area contributed by atoms with Gasteiger partial charge in [0.05, 0.1) is 17.0 Å².